The molecule has 0 bridgehead atoms. The minimum Gasteiger partial charge on any atom is -0.349 e. The normalized spacial score (nSPS) is 10.9. The number of nitrogens with one attached hydrogen (secondary N) is 1. The minimum atomic E-state index is -0.0122. The first kappa shape index (κ1) is 18.1. The van der Waals surface area contributed by atoms with E-state index >= 15 is 0 Å². The second kappa shape index (κ2) is 10.8. The second-order valence-electron chi connectivity index (χ2n) is 5.55. The Morgan fingerprint density at radius 1 is 1.14 bits per heavy atom. The number of hydrogen-bond acceptors (Lipinski definition) is 2. The van der Waals surface area contributed by atoms with E-state index in [4.69, 9.17) is 0 Å². The highest BCUT2D eigenvalue weighted by atomic mass is 79.9. The van der Waals surface area contributed by atoms with Crippen LogP contribution in [0.5, 0.6) is 0 Å². The maximum atomic E-state index is 12.3. The average molecular weight is 355 g/mol. The molecule has 1 rings (SSSR count). The molecular formula is C17H27BrN2O. The quantitative estimate of drug-likeness (QED) is 0.593. The molecule has 4 heteroatoms. The van der Waals surface area contributed by atoms with Gasteiger partial charge in [-0.1, -0.05) is 52.4 Å². The molecule has 1 N–H and O–H groups in total. The molecule has 0 aliphatic rings. The van der Waals surface area contributed by atoms with Gasteiger partial charge in [-0.05, 0) is 34.8 Å². The van der Waals surface area contributed by atoms with E-state index in [9.17, 15) is 4.79 Å². The maximum Gasteiger partial charge on any atom is 0.253 e. The van der Waals surface area contributed by atoms with E-state index in [1.807, 2.05) is 6.07 Å². The van der Waals surface area contributed by atoms with Crippen molar-refractivity contribution in [3.8, 4) is 0 Å². The lowest BCUT2D eigenvalue weighted by Crippen LogP contribution is -2.35. The van der Waals surface area contributed by atoms with E-state index in [0.717, 1.165) is 17.3 Å². The summed E-state index contributed by atoms with van der Waals surface area (Å²) in [5.41, 5.74) is 0.625. The third-order valence-electron chi connectivity index (χ3n) is 3.61. The highest BCUT2D eigenvalue weighted by Gasteiger charge is 2.13. The first-order valence-electron chi connectivity index (χ1n) is 8.08. The monoisotopic (exact) mass is 354 g/mol. The molecule has 21 heavy (non-hydrogen) atoms. The molecule has 0 aliphatic carbocycles. The number of aromatic nitrogens is 1. The number of halogens is 1. The van der Waals surface area contributed by atoms with Crippen molar-refractivity contribution < 1.29 is 4.79 Å². The van der Waals surface area contributed by atoms with Crippen molar-refractivity contribution in [3.05, 3.63) is 28.5 Å². The van der Waals surface area contributed by atoms with Crippen molar-refractivity contribution in [1.29, 1.82) is 0 Å². The van der Waals surface area contributed by atoms with Crippen LogP contribution in [0, 0.1) is 0 Å². The van der Waals surface area contributed by atoms with Crippen LogP contribution in [0.4, 0.5) is 0 Å². The van der Waals surface area contributed by atoms with E-state index < -0.39 is 0 Å². The Bertz CT molecular complexity index is 413. The molecule has 0 unspecified atom stereocenters. The summed E-state index contributed by atoms with van der Waals surface area (Å²) in [7, 11) is 0. The molecule has 0 fully saturated rings. The van der Waals surface area contributed by atoms with Crippen LogP contribution in [-0.2, 0) is 0 Å². The van der Waals surface area contributed by atoms with Gasteiger partial charge in [0.1, 0.15) is 0 Å². The zero-order valence-corrected chi connectivity index (χ0v) is 14.8. The van der Waals surface area contributed by atoms with E-state index in [1.54, 1.807) is 12.4 Å². The lowest BCUT2D eigenvalue weighted by molar-refractivity contribution is 0.0931. The van der Waals surface area contributed by atoms with Crippen molar-refractivity contribution in [1.82, 2.24) is 10.3 Å². The average Bonchev–Trinajstić information content (AvgIpc) is 2.47. The number of hydrogen-bond donors (Lipinski definition) is 1. The molecule has 0 radical (unpaired) electrons. The van der Waals surface area contributed by atoms with Gasteiger partial charge in [0.15, 0.2) is 0 Å². The first-order chi connectivity index (χ1) is 10.2. The molecule has 0 aliphatic heterocycles. The molecule has 1 aromatic heterocycles. The van der Waals surface area contributed by atoms with Gasteiger partial charge >= 0.3 is 0 Å². The number of pyridine rings is 1. The predicted octanol–water partition coefficient (Wildman–Crippen LogP) is 5.10. The van der Waals surface area contributed by atoms with Gasteiger partial charge in [0.25, 0.3) is 5.91 Å². The molecule has 0 spiro atoms. The van der Waals surface area contributed by atoms with E-state index in [-0.39, 0.29) is 11.9 Å². The summed E-state index contributed by atoms with van der Waals surface area (Å²) in [5.74, 6) is -0.0122. The standard InChI is InChI=1S/C17H27BrN2O/c1-3-5-7-9-16(10-8-6-4-2)20-17(21)14-11-15(18)13-19-12-14/h11-13,16H,3-10H2,1-2H3,(H,20,21). The van der Waals surface area contributed by atoms with Crippen LogP contribution in [0.15, 0.2) is 22.9 Å². The maximum absolute atomic E-state index is 12.3. The summed E-state index contributed by atoms with van der Waals surface area (Å²) in [6.07, 6.45) is 12.7. The fourth-order valence-corrected chi connectivity index (χ4v) is 2.74. The molecular weight excluding hydrogens is 328 g/mol. The van der Waals surface area contributed by atoms with Crippen molar-refractivity contribution >= 4 is 21.8 Å². The largest absolute Gasteiger partial charge is 0.349 e. The van der Waals surface area contributed by atoms with Gasteiger partial charge in [-0.25, -0.2) is 0 Å². The molecule has 1 heterocycles. The minimum absolute atomic E-state index is 0.0122. The lowest BCUT2D eigenvalue weighted by Gasteiger charge is -2.18. The van der Waals surface area contributed by atoms with Gasteiger partial charge in [0.05, 0.1) is 5.56 Å². The van der Waals surface area contributed by atoms with Gasteiger partial charge in [0.2, 0.25) is 0 Å². The van der Waals surface area contributed by atoms with Gasteiger partial charge in [-0.2, -0.15) is 0 Å². The van der Waals surface area contributed by atoms with Crippen molar-refractivity contribution in [2.24, 2.45) is 0 Å². The topological polar surface area (TPSA) is 42.0 Å². The molecule has 1 amide bonds. The van der Waals surface area contributed by atoms with Crippen molar-refractivity contribution in [2.45, 2.75) is 71.3 Å². The van der Waals surface area contributed by atoms with Crippen LogP contribution in [0.1, 0.15) is 75.6 Å². The highest BCUT2D eigenvalue weighted by molar-refractivity contribution is 9.10. The molecule has 3 nitrogen and oxygen atoms in total. The Morgan fingerprint density at radius 2 is 1.76 bits per heavy atom. The molecule has 0 aromatic carbocycles. The third-order valence-corrected chi connectivity index (χ3v) is 4.05. The van der Waals surface area contributed by atoms with E-state index in [2.05, 4.69) is 40.1 Å². The van der Waals surface area contributed by atoms with Crippen molar-refractivity contribution in [2.75, 3.05) is 0 Å². The zero-order valence-electron chi connectivity index (χ0n) is 13.2. The summed E-state index contributed by atoms with van der Waals surface area (Å²) in [5, 5.41) is 3.18. The van der Waals surface area contributed by atoms with Crippen LogP contribution in [-0.4, -0.2) is 16.9 Å². The molecule has 0 saturated carbocycles. The fourth-order valence-electron chi connectivity index (χ4n) is 2.37. The third kappa shape index (κ3) is 7.60. The predicted molar refractivity (Wildman–Crippen MR) is 91.5 cm³/mol. The van der Waals surface area contributed by atoms with Crippen LogP contribution >= 0.6 is 15.9 Å². The summed E-state index contributed by atoms with van der Waals surface area (Å²) in [6, 6.07) is 2.10. The number of unbranched alkanes of at least 4 members (excludes halogenated alkanes) is 4. The Hall–Kier alpha value is -0.900. The number of rotatable bonds is 10. The smallest absolute Gasteiger partial charge is 0.253 e. The van der Waals surface area contributed by atoms with E-state index in [1.165, 1.54) is 38.5 Å². The summed E-state index contributed by atoms with van der Waals surface area (Å²) >= 11 is 3.36. The number of carbonyl (C=O) groups is 1. The highest BCUT2D eigenvalue weighted by Crippen LogP contribution is 2.13. The summed E-state index contributed by atoms with van der Waals surface area (Å²) in [6.45, 7) is 4.41. The first-order valence-corrected chi connectivity index (χ1v) is 8.88. The Morgan fingerprint density at radius 3 is 2.29 bits per heavy atom. The number of carbonyl (C=O) groups excluding carboxylic acids is 1. The Balaban J connectivity index is 2.54. The van der Waals surface area contributed by atoms with Crippen LogP contribution in [0.3, 0.4) is 0 Å². The summed E-state index contributed by atoms with van der Waals surface area (Å²) in [4.78, 5) is 16.4. The lowest BCUT2D eigenvalue weighted by atomic mass is 10.0. The molecule has 118 valence electrons. The SMILES string of the molecule is CCCCCC(CCCCC)NC(=O)c1cncc(Br)c1. The van der Waals surface area contributed by atoms with Gasteiger partial charge < -0.3 is 5.32 Å². The Labute approximate surface area is 137 Å². The molecule has 1 aromatic rings. The van der Waals surface area contributed by atoms with Crippen molar-refractivity contribution in [3.63, 3.8) is 0 Å². The van der Waals surface area contributed by atoms with Gasteiger partial charge in [0, 0.05) is 22.9 Å². The second-order valence-corrected chi connectivity index (χ2v) is 6.47. The number of nitrogens with zero attached hydrogens (tertiary/aromatic N) is 1. The van der Waals surface area contributed by atoms with Crippen LogP contribution in [0.25, 0.3) is 0 Å². The van der Waals surface area contributed by atoms with Crippen LogP contribution in [0.2, 0.25) is 0 Å². The van der Waals surface area contributed by atoms with Gasteiger partial charge in [-0.3, -0.25) is 9.78 Å². The van der Waals surface area contributed by atoms with E-state index in [0.29, 0.717) is 5.56 Å². The summed E-state index contributed by atoms with van der Waals surface area (Å²) < 4.78 is 0.837. The zero-order chi connectivity index (χ0) is 15.5. The van der Waals surface area contributed by atoms with Gasteiger partial charge in [-0.15, -0.1) is 0 Å². The van der Waals surface area contributed by atoms with Crippen LogP contribution < -0.4 is 5.32 Å². The molecule has 0 saturated heterocycles. The number of amides is 1. The fraction of sp³-hybridized carbons (Fsp3) is 0.647. The molecule has 0 atom stereocenters. The Kier molecular flexibility index (Phi) is 9.31.